The highest BCUT2D eigenvalue weighted by Gasteiger charge is 2.09. The molecule has 1 aromatic heterocycles. The smallest absolute Gasteiger partial charge is 0.251 e. The van der Waals surface area contributed by atoms with Crippen LogP contribution in [0.1, 0.15) is 32.6 Å². The molecule has 0 spiro atoms. The number of H-pyrrole nitrogens is 1. The average Bonchev–Trinajstić information content (AvgIpc) is 2.59. The summed E-state index contributed by atoms with van der Waals surface area (Å²) in [7, 11) is 0. The first-order valence-corrected chi connectivity index (χ1v) is 8.42. The number of benzene rings is 2. The number of aryl methyl sites for hydroxylation is 3. The SMILES string of the molecule is Cc1cccc(C(=O)NCCc2cc3c(C)ccc(C)c3[nH]c2=O)c1. The van der Waals surface area contributed by atoms with E-state index in [2.05, 4.69) is 16.4 Å². The fourth-order valence-corrected chi connectivity index (χ4v) is 3.00. The van der Waals surface area contributed by atoms with E-state index in [1.807, 2.05) is 51.1 Å². The molecule has 2 N–H and O–H groups in total. The third kappa shape index (κ3) is 3.63. The van der Waals surface area contributed by atoms with Crippen molar-refractivity contribution in [2.24, 2.45) is 0 Å². The second kappa shape index (κ2) is 6.93. The number of rotatable bonds is 4. The molecular weight excluding hydrogens is 312 g/mol. The van der Waals surface area contributed by atoms with Gasteiger partial charge in [0.25, 0.3) is 11.5 Å². The molecular formula is C21H22N2O2. The molecule has 0 unspecified atom stereocenters. The summed E-state index contributed by atoms with van der Waals surface area (Å²) in [5.74, 6) is -0.118. The van der Waals surface area contributed by atoms with Crippen LogP contribution in [0.5, 0.6) is 0 Å². The fourth-order valence-electron chi connectivity index (χ4n) is 3.00. The lowest BCUT2D eigenvalue weighted by Gasteiger charge is -2.09. The Balaban J connectivity index is 1.75. The van der Waals surface area contributed by atoms with Crippen molar-refractivity contribution in [2.75, 3.05) is 6.54 Å². The number of aromatic amines is 1. The van der Waals surface area contributed by atoms with E-state index < -0.39 is 0 Å². The van der Waals surface area contributed by atoms with Crippen LogP contribution in [0.25, 0.3) is 10.9 Å². The van der Waals surface area contributed by atoms with Crippen molar-refractivity contribution < 1.29 is 4.79 Å². The van der Waals surface area contributed by atoms with Gasteiger partial charge in [0.2, 0.25) is 0 Å². The maximum atomic E-state index is 12.3. The Morgan fingerprint density at radius 3 is 2.56 bits per heavy atom. The maximum absolute atomic E-state index is 12.3. The Morgan fingerprint density at radius 2 is 1.80 bits per heavy atom. The first-order chi connectivity index (χ1) is 12.0. The van der Waals surface area contributed by atoms with Crippen molar-refractivity contribution in [2.45, 2.75) is 27.2 Å². The van der Waals surface area contributed by atoms with Crippen LogP contribution < -0.4 is 10.9 Å². The minimum Gasteiger partial charge on any atom is -0.352 e. The number of fused-ring (bicyclic) bond motifs is 1. The van der Waals surface area contributed by atoms with Crippen molar-refractivity contribution in [3.8, 4) is 0 Å². The molecule has 1 amide bonds. The Labute approximate surface area is 146 Å². The zero-order chi connectivity index (χ0) is 18.0. The normalized spacial score (nSPS) is 10.8. The number of nitrogens with one attached hydrogen (secondary N) is 2. The van der Waals surface area contributed by atoms with Crippen molar-refractivity contribution in [3.05, 3.63) is 80.6 Å². The van der Waals surface area contributed by atoms with Crippen molar-refractivity contribution in [1.29, 1.82) is 0 Å². The molecule has 2 aromatic carbocycles. The minimum absolute atomic E-state index is 0.0917. The van der Waals surface area contributed by atoms with Gasteiger partial charge in [0, 0.05) is 23.1 Å². The molecule has 0 atom stereocenters. The quantitative estimate of drug-likeness (QED) is 0.768. The molecule has 4 nitrogen and oxygen atoms in total. The molecule has 0 aliphatic heterocycles. The maximum Gasteiger partial charge on any atom is 0.251 e. The molecule has 0 saturated carbocycles. The van der Waals surface area contributed by atoms with E-state index in [1.165, 1.54) is 0 Å². The van der Waals surface area contributed by atoms with Crippen LogP contribution in [0.4, 0.5) is 0 Å². The summed E-state index contributed by atoms with van der Waals surface area (Å²) < 4.78 is 0. The first kappa shape index (κ1) is 17.0. The molecule has 4 heteroatoms. The summed E-state index contributed by atoms with van der Waals surface area (Å²) >= 11 is 0. The largest absolute Gasteiger partial charge is 0.352 e. The van der Waals surface area contributed by atoms with E-state index in [-0.39, 0.29) is 11.5 Å². The van der Waals surface area contributed by atoms with Crippen LogP contribution >= 0.6 is 0 Å². The van der Waals surface area contributed by atoms with E-state index in [0.717, 1.165) is 27.6 Å². The van der Waals surface area contributed by atoms with Gasteiger partial charge in [-0.3, -0.25) is 9.59 Å². The van der Waals surface area contributed by atoms with E-state index >= 15 is 0 Å². The van der Waals surface area contributed by atoms with Crippen LogP contribution in [0.3, 0.4) is 0 Å². The van der Waals surface area contributed by atoms with Gasteiger partial charge in [0.15, 0.2) is 0 Å². The van der Waals surface area contributed by atoms with Crippen LogP contribution in [-0.4, -0.2) is 17.4 Å². The lowest BCUT2D eigenvalue weighted by Crippen LogP contribution is -2.27. The molecule has 0 aliphatic carbocycles. The van der Waals surface area contributed by atoms with Crippen molar-refractivity contribution >= 4 is 16.8 Å². The predicted molar refractivity (Wildman–Crippen MR) is 101 cm³/mol. The number of hydrogen-bond donors (Lipinski definition) is 2. The average molecular weight is 334 g/mol. The first-order valence-electron chi connectivity index (χ1n) is 8.42. The number of amides is 1. The van der Waals surface area contributed by atoms with E-state index in [0.29, 0.717) is 24.1 Å². The molecule has 0 bridgehead atoms. The highest BCUT2D eigenvalue weighted by molar-refractivity contribution is 5.94. The van der Waals surface area contributed by atoms with Gasteiger partial charge >= 0.3 is 0 Å². The van der Waals surface area contributed by atoms with Gasteiger partial charge in [-0.1, -0.05) is 29.8 Å². The second-order valence-electron chi connectivity index (χ2n) is 6.49. The summed E-state index contributed by atoms with van der Waals surface area (Å²) in [6, 6.07) is 13.5. The van der Waals surface area contributed by atoms with Crippen molar-refractivity contribution in [1.82, 2.24) is 10.3 Å². The highest BCUT2D eigenvalue weighted by Crippen LogP contribution is 2.19. The lowest BCUT2D eigenvalue weighted by atomic mass is 10.0. The number of hydrogen-bond acceptors (Lipinski definition) is 2. The van der Waals surface area contributed by atoms with Crippen LogP contribution in [0, 0.1) is 20.8 Å². The van der Waals surface area contributed by atoms with Crippen molar-refractivity contribution in [3.63, 3.8) is 0 Å². The summed E-state index contributed by atoms with van der Waals surface area (Å²) in [6.45, 7) is 6.39. The summed E-state index contributed by atoms with van der Waals surface area (Å²) in [4.78, 5) is 27.5. The van der Waals surface area contributed by atoms with E-state index in [9.17, 15) is 9.59 Å². The van der Waals surface area contributed by atoms with Crippen LogP contribution in [0.2, 0.25) is 0 Å². The standard InChI is InChI=1S/C21H22N2O2/c1-13-5-4-6-16(11-13)20(24)22-10-9-17-12-18-14(2)7-8-15(3)19(18)23-21(17)25/h4-8,11-12H,9-10H2,1-3H3,(H,22,24)(H,23,25). The number of aromatic nitrogens is 1. The van der Waals surface area contributed by atoms with E-state index in [4.69, 9.17) is 0 Å². The molecule has 0 radical (unpaired) electrons. The Kier molecular flexibility index (Phi) is 4.70. The molecule has 3 rings (SSSR count). The Hall–Kier alpha value is -2.88. The summed E-state index contributed by atoms with van der Waals surface area (Å²) in [5, 5.41) is 3.94. The summed E-state index contributed by atoms with van der Waals surface area (Å²) in [5.41, 5.74) is 5.34. The molecule has 0 saturated heterocycles. The molecule has 0 fully saturated rings. The minimum atomic E-state index is -0.118. The monoisotopic (exact) mass is 334 g/mol. The zero-order valence-electron chi connectivity index (χ0n) is 14.8. The van der Waals surface area contributed by atoms with Gasteiger partial charge in [-0.05, 0) is 56.5 Å². The Bertz CT molecular complexity index is 1000. The van der Waals surface area contributed by atoms with Gasteiger partial charge < -0.3 is 10.3 Å². The molecule has 3 aromatic rings. The molecule has 1 heterocycles. The number of carbonyl (C=O) groups is 1. The summed E-state index contributed by atoms with van der Waals surface area (Å²) in [6.07, 6.45) is 0.496. The van der Waals surface area contributed by atoms with Crippen LogP contribution in [-0.2, 0) is 6.42 Å². The van der Waals surface area contributed by atoms with Gasteiger partial charge in [-0.2, -0.15) is 0 Å². The third-order valence-electron chi connectivity index (χ3n) is 4.48. The van der Waals surface area contributed by atoms with Crippen LogP contribution in [0.15, 0.2) is 47.3 Å². The lowest BCUT2D eigenvalue weighted by molar-refractivity contribution is 0.0954. The Morgan fingerprint density at radius 1 is 1.04 bits per heavy atom. The topological polar surface area (TPSA) is 62.0 Å². The zero-order valence-corrected chi connectivity index (χ0v) is 14.8. The number of carbonyl (C=O) groups excluding carboxylic acids is 1. The molecule has 25 heavy (non-hydrogen) atoms. The van der Waals surface area contributed by atoms with Gasteiger partial charge in [-0.15, -0.1) is 0 Å². The van der Waals surface area contributed by atoms with Gasteiger partial charge in [0.05, 0.1) is 5.52 Å². The van der Waals surface area contributed by atoms with E-state index in [1.54, 1.807) is 6.07 Å². The fraction of sp³-hybridized carbons (Fsp3) is 0.238. The molecule has 128 valence electrons. The molecule has 0 aliphatic rings. The number of pyridine rings is 1. The third-order valence-corrected chi connectivity index (χ3v) is 4.48. The predicted octanol–water partition coefficient (Wildman–Crippen LogP) is 3.43. The van der Waals surface area contributed by atoms with Gasteiger partial charge in [-0.25, -0.2) is 0 Å². The highest BCUT2D eigenvalue weighted by atomic mass is 16.1. The second-order valence-corrected chi connectivity index (χ2v) is 6.49. The van der Waals surface area contributed by atoms with Gasteiger partial charge in [0.1, 0.15) is 0 Å².